The second-order valence-electron chi connectivity index (χ2n) is 6.73. The second-order valence-corrected chi connectivity index (χ2v) is 6.73. The molecule has 0 fully saturated rings. The fourth-order valence-electron chi connectivity index (χ4n) is 3.23. The Balaban J connectivity index is 2.18. The van der Waals surface area contributed by atoms with Crippen LogP contribution in [0.15, 0.2) is 48.5 Å². The van der Waals surface area contributed by atoms with Crippen molar-refractivity contribution >= 4 is 5.97 Å². The van der Waals surface area contributed by atoms with E-state index < -0.39 is 0 Å². The van der Waals surface area contributed by atoms with Crippen molar-refractivity contribution in [1.82, 2.24) is 0 Å². The molecule has 2 aromatic carbocycles. The summed E-state index contributed by atoms with van der Waals surface area (Å²) in [4.78, 5) is 12.8. The number of hydrogen-bond acceptors (Lipinski definition) is 2. The van der Waals surface area contributed by atoms with Crippen LogP contribution >= 0.6 is 0 Å². The highest BCUT2D eigenvalue weighted by molar-refractivity contribution is 5.92. The van der Waals surface area contributed by atoms with Gasteiger partial charge in [-0.2, -0.15) is 0 Å². The van der Waals surface area contributed by atoms with E-state index in [0.29, 0.717) is 17.2 Å². The molecule has 0 aliphatic carbocycles. The van der Waals surface area contributed by atoms with Gasteiger partial charge in [-0.15, -0.1) is 0 Å². The zero-order chi connectivity index (χ0) is 18.1. The second kappa shape index (κ2) is 10.0. The van der Waals surface area contributed by atoms with E-state index in [0.717, 1.165) is 36.8 Å². The van der Waals surface area contributed by atoms with E-state index in [9.17, 15) is 4.79 Å². The average molecular weight is 338 g/mol. The maximum absolute atomic E-state index is 12.8. The van der Waals surface area contributed by atoms with Crippen LogP contribution in [0.2, 0.25) is 0 Å². The van der Waals surface area contributed by atoms with E-state index in [-0.39, 0.29) is 5.97 Å². The lowest BCUT2D eigenvalue weighted by molar-refractivity contribution is 0.0731. The highest BCUT2D eigenvalue weighted by atomic mass is 16.5. The lowest BCUT2D eigenvalue weighted by Gasteiger charge is -2.16. The maximum Gasteiger partial charge on any atom is 0.343 e. The first-order chi connectivity index (χ1) is 12.2. The van der Waals surface area contributed by atoms with Gasteiger partial charge in [0.1, 0.15) is 5.75 Å². The Morgan fingerprint density at radius 3 is 2.44 bits per heavy atom. The molecule has 134 valence electrons. The number of aryl methyl sites for hydroxylation is 1. The first-order valence-electron chi connectivity index (χ1n) is 9.56. The fraction of sp³-hybridized carbons (Fsp3) is 0.435. The van der Waals surface area contributed by atoms with Gasteiger partial charge in [-0.3, -0.25) is 0 Å². The number of benzene rings is 2. The molecule has 0 heterocycles. The van der Waals surface area contributed by atoms with Gasteiger partial charge < -0.3 is 4.74 Å². The lowest BCUT2D eigenvalue weighted by Crippen LogP contribution is -2.13. The molecule has 2 nitrogen and oxygen atoms in total. The largest absolute Gasteiger partial charge is 0.423 e. The van der Waals surface area contributed by atoms with Crippen LogP contribution in [0.4, 0.5) is 0 Å². The summed E-state index contributed by atoms with van der Waals surface area (Å²) in [5.41, 5.74) is 2.89. The third-order valence-electron chi connectivity index (χ3n) is 4.66. The van der Waals surface area contributed by atoms with Crippen molar-refractivity contribution in [3.63, 3.8) is 0 Å². The molecule has 2 rings (SSSR count). The van der Waals surface area contributed by atoms with Crippen molar-refractivity contribution in [2.45, 2.75) is 65.2 Å². The van der Waals surface area contributed by atoms with E-state index in [1.165, 1.54) is 12.8 Å². The molecule has 0 saturated heterocycles. The van der Waals surface area contributed by atoms with E-state index in [4.69, 9.17) is 4.74 Å². The van der Waals surface area contributed by atoms with Crippen molar-refractivity contribution in [3.05, 3.63) is 65.2 Å². The van der Waals surface area contributed by atoms with Crippen LogP contribution < -0.4 is 4.74 Å². The number of rotatable bonds is 9. The molecule has 1 unspecified atom stereocenters. The maximum atomic E-state index is 12.8. The topological polar surface area (TPSA) is 26.3 Å². The Hall–Kier alpha value is -2.09. The van der Waals surface area contributed by atoms with Gasteiger partial charge in [0.15, 0.2) is 0 Å². The Kier molecular flexibility index (Phi) is 7.72. The van der Waals surface area contributed by atoms with Crippen LogP contribution in [0.5, 0.6) is 5.75 Å². The molecule has 0 saturated carbocycles. The van der Waals surface area contributed by atoms with Gasteiger partial charge in [-0.05, 0) is 48.4 Å². The van der Waals surface area contributed by atoms with E-state index >= 15 is 0 Å². The van der Waals surface area contributed by atoms with Crippen molar-refractivity contribution in [2.75, 3.05) is 0 Å². The predicted molar refractivity (Wildman–Crippen MR) is 104 cm³/mol. The Labute approximate surface area is 152 Å². The monoisotopic (exact) mass is 338 g/mol. The van der Waals surface area contributed by atoms with Gasteiger partial charge in [0, 0.05) is 0 Å². The smallest absolute Gasteiger partial charge is 0.343 e. The molecule has 25 heavy (non-hydrogen) atoms. The summed E-state index contributed by atoms with van der Waals surface area (Å²) >= 11 is 0. The summed E-state index contributed by atoms with van der Waals surface area (Å²) in [5, 5.41) is 0. The van der Waals surface area contributed by atoms with Gasteiger partial charge in [0.05, 0.1) is 5.56 Å². The fourth-order valence-corrected chi connectivity index (χ4v) is 3.23. The summed E-state index contributed by atoms with van der Waals surface area (Å²) in [7, 11) is 0. The van der Waals surface area contributed by atoms with Crippen molar-refractivity contribution in [1.29, 1.82) is 0 Å². The van der Waals surface area contributed by atoms with Crippen molar-refractivity contribution in [3.8, 4) is 5.75 Å². The Morgan fingerprint density at radius 2 is 1.68 bits per heavy atom. The van der Waals surface area contributed by atoms with Crippen molar-refractivity contribution in [2.24, 2.45) is 0 Å². The first-order valence-corrected chi connectivity index (χ1v) is 9.56. The van der Waals surface area contributed by atoms with Crippen LogP contribution in [0.25, 0.3) is 0 Å². The zero-order valence-electron chi connectivity index (χ0n) is 15.8. The number of carbonyl (C=O) groups excluding carboxylic acids is 1. The molecular weight excluding hydrogens is 308 g/mol. The van der Waals surface area contributed by atoms with Crippen molar-refractivity contribution < 1.29 is 9.53 Å². The molecule has 0 spiro atoms. The number of para-hydroxylation sites is 1. The van der Waals surface area contributed by atoms with Gasteiger partial charge in [0.2, 0.25) is 0 Å². The quantitative estimate of drug-likeness (QED) is 0.295. The number of unbranched alkanes of at least 4 members (excludes halogenated alkanes) is 2. The van der Waals surface area contributed by atoms with Crippen LogP contribution in [-0.2, 0) is 6.42 Å². The predicted octanol–water partition coefficient (Wildman–Crippen LogP) is 6.54. The van der Waals surface area contributed by atoms with E-state index in [1.54, 1.807) is 0 Å². The summed E-state index contributed by atoms with van der Waals surface area (Å²) in [6.07, 6.45) is 6.58. The van der Waals surface area contributed by atoms with E-state index in [1.807, 2.05) is 42.5 Å². The third-order valence-corrected chi connectivity index (χ3v) is 4.66. The SMILES string of the molecule is CCCCCc1ccccc1C(=O)Oc1ccccc1C(C)CCC. The molecule has 0 aromatic heterocycles. The number of hydrogen-bond donors (Lipinski definition) is 0. The third kappa shape index (κ3) is 5.45. The summed E-state index contributed by atoms with van der Waals surface area (Å²) in [5.74, 6) is 0.828. The van der Waals surface area contributed by atoms with Crippen LogP contribution in [0, 0.1) is 0 Å². The molecule has 0 aliphatic heterocycles. The molecule has 2 heteroatoms. The Bertz CT molecular complexity index is 675. The highest BCUT2D eigenvalue weighted by Gasteiger charge is 2.17. The minimum Gasteiger partial charge on any atom is -0.423 e. The average Bonchev–Trinajstić information content (AvgIpc) is 2.63. The van der Waals surface area contributed by atoms with Crippen LogP contribution in [-0.4, -0.2) is 5.97 Å². The summed E-state index contributed by atoms with van der Waals surface area (Å²) in [6, 6.07) is 15.7. The molecule has 0 amide bonds. The number of esters is 1. The van der Waals surface area contributed by atoms with E-state index in [2.05, 4.69) is 26.8 Å². The van der Waals surface area contributed by atoms with Gasteiger partial charge in [-0.1, -0.05) is 76.4 Å². The Morgan fingerprint density at radius 1 is 0.960 bits per heavy atom. The minimum atomic E-state index is -0.247. The first kappa shape index (κ1) is 19.2. The van der Waals surface area contributed by atoms with Gasteiger partial charge in [-0.25, -0.2) is 4.79 Å². The summed E-state index contributed by atoms with van der Waals surface area (Å²) < 4.78 is 5.81. The summed E-state index contributed by atoms with van der Waals surface area (Å²) in [6.45, 7) is 6.56. The molecule has 1 atom stereocenters. The standard InChI is InChI=1S/C23H30O2/c1-4-6-7-13-19-14-8-9-16-21(19)23(24)25-22-17-11-10-15-20(22)18(3)12-5-2/h8-11,14-18H,4-7,12-13H2,1-3H3. The molecular formula is C23H30O2. The lowest BCUT2D eigenvalue weighted by atomic mass is 9.95. The van der Waals surface area contributed by atoms with Gasteiger partial charge in [0.25, 0.3) is 0 Å². The molecule has 0 aliphatic rings. The highest BCUT2D eigenvalue weighted by Crippen LogP contribution is 2.30. The molecule has 0 N–H and O–H groups in total. The zero-order valence-corrected chi connectivity index (χ0v) is 15.8. The number of carbonyl (C=O) groups is 1. The van der Waals surface area contributed by atoms with Crippen LogP contribution in [0.3, 0.4) is 0 Å². The van der Waals surface area contributed by atoms with Crippen LogP contribution in [0.1, 0.15) is 80.3 Å². The molecule has 2 aromatic rings. The number of ether oxygens (including phenoxy) is 1. The molecule has 0 bridgehead atoms. The van der Waals surface area contributed by atoms with Gasteiger partial charge >= 0.3 is 5.97 Å². The molecule has 0 radical (unpaired) electrons. The minimum absolute atomic E-state index is 0.247. The normalized spacial score (nSPS) is 12.0.